The highest BCUT2D eigenvalue weighted by atomic mass is 16.6. The number of rotatable bonds is 5. The molecule has 0 radical (unpaired) electrons. The van der Waals surface area contributed by atoms with E-state index in [0.717, 1.165) is 0 Å². The molecule has 6 nitrogen and oxygen atoms in total. The molecule has 0 saturated carbocycles. The topological polar surface area (TPSA) is 67.9 Å². The Kier molecular flexibility index (Phi) is 6.36. The van der Waals surface area contributed by atoms with Gasteiger partial charge < -0.3 is 9.47 Å². The van der Waals surface area contributed by atoms with Crippen molar-refractivity contribution >= 4 is 23.6 Å². The standard InChI is InChI=1S/C14H20N2O4/c1-4-16(14(18)20-6-3)12-10-8-7-9-11(12)15-13(17)19-5-2/h7-10H,4-6H2,1-3H3,(H,15,17). The number of carbonyl (C=O) groups is 2. The SMILES string of the molecule is CCOC(=O)Nc1ccccc1N(CC)C(=O)OCC. The van der Waals surface area contributed by atoms with Crippen LogP contribution in [-0.2, 0) is 9.47 Å². The second kappa shape index (κ2) is 8.04. The third kappa shape index (κ3) is 4.15. The molecule has 0 fully saturated rings. The molecule has 20 heavy (non-hydrogen) atoms. The van der Waals surface area contributed by atoms with Gasteiger partial charge in [0.05, 0.1) is 24.6 Å². The lowest BCUT2D eigenvalue weighted by atomic mass is 10.2. The van der Waals surface area contributed by atoms with Crippen molar-refractivity contribution in [3.05, 3.63) is 24.3 Å². The number of hydrogen-bond acceptors (Lipinski definition) is 4. The first-order chi connectivity index (χ1) is 9.63. The van der Waals surface area contributed by atoms with Gasteiger partial charge in [0.25, 0.3) is 0 Å². The van der Waals surface area contributed by atoms with E-state index < -0.39 is 12.2 Å². The van der Waals surface area contributed by atoms with E-state index in [9.17, 15) is 9.59 Å². The summed E-state index contributed by atoms with van der Waals surface area (Å²) in [5, 5.41) is 2.61. The highest BCUT2D eigenvalue weighted by Gasteiger charge is 2.18. The number of nitrogens with zero attached hydrogens (tertiary/aromatic N) is 1. The maximum atomic E-state index is 11.9. The lowest BCUT2D eigenvalue weighted by molar-refractivity contribution is 0.160. The molecule has 6 heteroatoms. The molecule has 0 bridgehead atoms. The van der Waals surface area contributed by atoms with Crippen LogP contribution < -0.4 is 10.2 Å². The number of hydrogen-bond donors (Lipinski definition) is 1. The highest BCUT2D eigenvalue weighted by molar-refractivity contribution is 5.96. The van der Waals surface area contributed by atoms with Gasteiger partial charge in [-0.3, -0.25) is 10.2 Å². The van der Waals surface area contributed by atoms with Crippen LogP contribution in [0.1, 0.15) is 20.8 Å². The van der Waals surface area contributed by atoms with Crippen LogP contribution in [0.25, 0.3) is 0 Å². The maximum absolute atomic E-state index is 11.9. The first-order valence-corrected chi connectivity index (χ1v) is 6.61. The maximum Gasteiger partial charge on any atom is 0.414 e. The average Bonchev–Trinajstić information content (AvgIpc) is 2.42. The number of anilines is 2. The van der Waals surface area contributed by atoms with Gasteiger partial charge in [-0.25, -0.2) is 9.59 Å². The minimum Gasteiger partial charge on any atom is -0.450 e. The van der Waals surface area contributed by atoms with Crippen molar-refractivity contribution in [2.75, 3.05) is 30.0 Å². The average molecular weight is 280 g/mol. The Labute approximate surface area is 118 Å². The van der Waals surface area contributed by atoms with Crippen LogP contribution in [0.5, 0.6) is 0 Å². The zero-order valence-electron chi connectivity index (χ0n) is 12.0. The molecule has 1 aromatic rings. The van der Waals surface area contributed by atoms with E-state index in [4.69, 9.17) is 9.47 Å². The van der Waals surface area contributed by atoms with Gasteiger partial charge in [0.2, 0.25) is 0 Å². The molecular weight excluding hydrogens is 260 g/mol. The van der Waals surface area contributed by atoms with Crippen LogP contribution in [0.4, 0.5) is 21.0 Å². The van der Waals surface area contributed by atoms with E-state index in [2.05, 4.69) is 5.32 Å². The van der Waals surface area contributed by atoms with Crippen LogP contribution >= 0.6 is 0 Å². The number of para-hydroxylation sites is 2. The predicted molar refractivity (Wildman–Crippen MR) is 77.1 cm³/mol. The first kappa shape index (κ1) is 15.8. The monoisotopic (exact) mass is 280 g/mol. The van der Waals surface area contributed by atoms with Crippen molar-refractivity contribution in [3.63, 3.8) is 0 Å². The number of ether oxygens (including phenoxy) is 2. The summed E-state index contributed by atoms with van der Waals surface area (Å²) in [5.74, 6) is 0. The van der Waals surface area contributed by atoms with Gasteiger partial charge in [-0.1, -0.05) is 12.1 Å². The van der Waals surface area contributed by atoms with Gasteiger partial charge in [-0.05, 0) is 32.9 Å². The molecule has 0 atom stereocenters. The van der Waals surface area contributed by atoms with Crippen LogP contribution in [0.3, 0.4) is 0 Å². The smallest absolute Gasteiger partial charge is 0.414 e. The van der Waals surface area contributed by atoms with Crippen LogP contribution in [-0.4, -0.2) is 31.9 Å². The van der Waals surface area contributed by atoms with Gasteiger partial charge in [-0.15, -0.1) is 0 Å². The summed E-state index contributed by atoms with van der Waals surface area (Å²) in [6.07, 6.45) is -1.01. The molecule has 110 valence electrons. The van der Waals surface area contributed by atoms with Crippen LogP contribution in [0, 0.1) is 0 Å². The van der Waals surface area contributed by atoms with Gasteiger partial charge in [0.1, 0.15) is 0 Å². The normalized spacial score (nSPS) is 9.75. The third-order valence-electron chi connectivity index (χ3n) is 2.51. The van der Waals surface area contributed by atoms with Crippen LogP contribution in [0.15, 0.2) is 24.3 Å². The van der Waals surface area contributed by atoms with Crippen LogP contribution in [0.2, 0.25) is 0 Å². The summed E-state index contributed by atoms with van der Waals surface area (Å²) in [6.45, 7) is 6.31. The highest BCUT2D eigenvalue weighted by Crippen LogP contribution is 2.26. The number of benzene rings is 1. The Balaban J connectivity index is 2.98. The molecule has 0 aliphatic carbocycles. The number of amides is 2. The summed E-state index contributed by atoms with van der Waals surface area (Å²) < 4.78 is 9.84. The second-order valence-electron chi connectivity index (χ2n) is 3.81. The Morgan fingerprint density at radius 2 is 1.75 bits per heavy atom. The van der Waals surface area contributed by atoms with E-state index in [1.165, 1.54) is 4.90 Å². The molecule has 0 spiro atoms. The van der Waals surface area contributed by atoms with E-state index >= 15 is 0 Å². The molecule has 2 amide bonds. The lowest BCUT2D eigenvalue weighted by Crippen LogP contribution is -2.32. The fraction of sp³-hybridized carbons (Fsp3) is 0.429. The molecule has 0 aliphatic heterocycles. The quantitative estimate of drug-likeness (QED) is 0.899. The van der Waals surface area contributed by atoms with Crippen molar-refractivity contribution in [3.8, 4) is 0 Å². The summed E-state index contributed by atoms with van der Waals surface area (Å²) in [5.41, 5.74) is 1.07. The minimum atomic E-state index is -0.556. The van der Waals surface area contributed by atoms with Gasteiger partial charge in [0.15, 0.2) is 0 Å². The Hall–Kier alpha value is -2.24. The molecule has 1 aromatic carbocycles. The van der Waals surface area contributed by atoms with E-state index in [0.29, 0.717) is 24.5 Å². The molecule has 0 aliphatic rings. The largest absolute Gasteiger partial charge is 0.450 e. The zero-order valence-corrected chi connectivity index (χ0v) is 12.0. The second-order valence-corrected chi connectivity index (χ2v) is 3.81. The van der Waals surface area contributed by atoms with Crippen molar-refractivity contribution in [2.24, 2.45) is 0 Å². The molecule has 1 N–H and O–H groups in total. The molecule has 0 saturated heterocycles. The molecular formula is C14H20N2O4. The molecule has 0 unspecified atom stereocenters. The fourth-order valence-corrected chi connectivity index (χ4v) is 1.69. The van der Waals surface area contributed by atoms with Gasteiger partial charge in [-0.2, -0.15) is 0 Å². The van der Waals surface area contributed by atoms with Gasteiger partial charge in [0, 0.05) is 6.54 Å². The predicted octanol–water partition coefficient (Wildman–Crippen LogP) is 3.24. The Bertz CT molecular complexity index is 462. The van der Waals surface area contributed by atoms with E-state index in [1.54, 1.807) is 38.1 Å². The molecule has 0 aromatic heterocycles. The Morgan fingerprint density at radius 3 is 2.35 bits per heavy atom. The summed E-state index contributed by atoms with van der Waals surface area (Å²) in [4.78, 5) is 24.9. The first-order valence-electron chi connectivity index (χ1n) is 6.61. The summed E-state index contributed by atoms with van der Waals surface area (Å²) in [6, 6.07) is 6.99. The van der Waals surface area contributed by atoms with Crippen molar-refractivity contribution in [1.29, 1.82) is 0 Å². The fourth-order valence-electron chi connectivity index (χ4n) is 1.69. The molecule has 1 rings (SSSR count). The van der Waals surface area contributed by atoms with Crippen molar-refractivity contribution in [2.45, 2.75) is 20.8 Å². The molecule has 0 heterocycles. The summed E-state index contributed by atoms with van der Waals surface area (Å²) >= 11 is 0. The van der Waals surface area contributed by atoms with E-state index in [-0.39, 0.29) is 6.61 Å². The summed E-state index contributed by atoms with van der Waals surface area (Å²) in [7, 11) is 0. The Morgan fingerprint density at radius 1 is 1.10 bits per heavy atom. The number of nitrogens with one attached hydrogen (secondary N) is 1. The van der Waals surface area contributed by atoms with Gasteiger partial charge >= 0.3 is 12.2 Å². The van der Waals surface area contributed by atoms with Crippen molar-refractivity contribution in [1.82, 2.24) is 0 Å². The number of carbonyl (C=O) groups excluding carboxylic acids is 2. The van der Waals surface area contributed by atoms with E-state index in [1.807, 2.05) is 6.92 Å². The lowest BCUT2D eigenvalue weighted by Gasteiger charge is -2.22. The third-order valence-corrected chi connectivity index (χ3v) is 2.51. The van der Waals surface area contributed by atoms with Crippen molar-refractivity contribution < 1.29 is 19.1 Å². The minimum absolute atomic E-state index is 0.281. The zero-order chi connectivity index (χ0) is 15.0.